The molecule has 150 valence electrons. The molecule has 0 aliphatic carbocycles. The normalized spacial score (nSPS) is 11.0. The Hall–Kier alpha value is -2.65. The summed E-state index contributed by atoms with van der Waals surface area (Å²) in [6.45, 7) is 2.71. The number of methoxy groups -OCH3 is 1. The van der Waals surface area contributed by atoms with Gasteiger partial charge in [0, 0.05) is 16.6 Å². The molecular weight excluding hydrogens is 454 g/mol. The van der Waals surface area contributed by atoms with Gasteiger partial charge in [-0.15, -0.1) is 10.2 Å². The zero-order valence-electron chi connectivity index (χ0n) is 16.0. The van der Waals surface area contributed by atoms with Crippen molar-refractivity contribution in [2.75, 3.05) is 12.9 Å². The number of rotatable bonds is 8. The monoisotopic (exact) mass is 473 g/mol. The summed E-state index contributed by atoms with van der Waals surface area (Å²) in [5.74, 6) is 1.52. The molecule has 0 saturated heterocycles. The predicted octanol–water partition coefficient (Wildman–Crippen LogP) is 3.98. The Kier molecular flexibility index (Phi) is 7.42. The van der Waals surface area contributed by atoms with Crippen LogP contribution >= 0.6 is 27.7 Å². The Balaban J connectivity index is 1.59. The largest absolute Gasteiger partial charge is 0.497 e. The average molecular weight is 474 g/mol. The second-order valence-electron chi connectivity index (χ2n) is 5.91. The van der Waals surface area contributed by atoms with E-state index in [-0.39, 0.29) is 11.7 Å². The lowest BCUT2D eigenvalue weighted by atomic mass is 10.2. The summed E-state index contributed by atoms with van der Waals surface area (Å²) in [6, 6.07) is 15.3. The van der Waals surface area contributed by atoms with Crippen molar-refractivity contribution in [2.24, 2.45) is 5.10 Å². The van der Waals surface area contributed by atoms with Crippen molar-refractivity contribution in [3.63, 3.8) is 0 Å². The highest BCUT2D eigenvalue weighted by molar-refractivity contribution is 9.10. The molecule has 0 saturated carbocycles. The number of carbonyl (C=O) groups is 1. The van der Waals surface area contributed by atoms with Crippen LogP contribution in [0.1, 0.15) is 12.5 Å². The zero-order valence-corrected chi connectivity index (χ0v) is 18.4. The van der Waals surface area contributed by atoms with Crippen LogP contribution in [0.25, 0.3) is 11.4 Å². The fourth-order valence-corrected chi connectivity index (χ4v) is 3.58. The third-order valence-electron chi connectivity index (χ3n) is 3.99. The summed E-state index contributed by atoms with van der Waals surface area (Å²) in [5, 5.41) is 13.2. The molecule has 1 aromatic heterocycles. The van der Waals surface area contributed by atoms with E-state index in [0.29, 0.717) is 11.7 Å². The Morgan fingerprint density at radius 3 is 2.59 bits per heavy atom. The van der Waals surface area contributed by atoms with Crippen LogP contribution in [-0.4, -0.2) is 39.7 Å². The minimum atomic E-state index is -0.208. The summed E-state index contributed by atoms with van der Waals surface area (Å²) < 4.78 is 8.16. The quantitative estimate of drug-likeness (QED) is 0.304. The number of amides is 1. The number of benzene rings is 2. The second kappa shape index (κ2) is 10.2. The Bertz CT molecular complexity index is 987. The maximum Gasteiger partial charge on any atom is 0.250 e. The molecule has 0 atom stereocenters. The van der Waals surface area contributed by atoms with Crippen LogP contribution in [0.2, 0.25) is 0 Å². The first-order valence-electron chi connectivity index (χ1n) is 8.88. The van der Waals surface area contributed by atoms with E-state index >= 15 is 0 Å². The van der Waals surface area contributed by atoms with Gasteiger partial charge in [-0.05, 0) is 48.9 Å². The SMILES string of the molecule is CCn1c(SCC(=O)N/N=C\c2ccc(Br)cc2)nnc1-c1ccc(OC)cc1. The van der Waals surface area contributed by atoms with Gasteiger partial charge < -0.3 is 9.30 Å². The van der Waals surface area contributed by atoms with Crippen LogP contribution in [-0.2, 0) is 11.3 Å². The average Bonchev–Trinajstić information content (AvgIpc) is 3.16. The molecule has 1 N–H and O–H groups in total. The first kappa shape index (κ1) is 21.1. The minimum absolute atomic E-state index is 0.193. The number of halogens is 1. The van der Waals surface area contributed by atoms with Gasteiger partial charge in [-0.2, -0.15) is 5.10 Å². The molecule has 0 bridgehead atoms. The summed E-state index contributed by atoms with van der Waals surface area (Å²) in [6.07, 6.45) is 1.60. The number of hydrogen-bond acceptors (Lipinski definition) is 6. The molecule has 0 aliphatic heterocycles. The van der Waals surface area contributed by atoms with Crippen LogP contribution in [0, 0.1) is 0 Å². The number of thioether (sulfide) groups is 1. The molecule has 2 aromatic carbocycles. The van der Waals surface area contributed by atoms with Crippen molar-refractivity contribution in [2.45, 2.75) is 18.6 Å². The number of aromatic nitrogens is 3. The van der Waals surface area contributed by atoms with E-state index in [9.17, 15) is 4.79 Å². The molecule has 7 nitrogen and oxygen atoms in total. The van der Waals surface area contributed by atoms with Crippen LogP contribution in [0.3, 0.4) is 0 Å². The summed E-state index contributed by atoms with van der Waals surface area (Å²) in [4.78, 5) is 12.1. The molecule has 0 fully saturated rings. The number of ether oxygens (including phenoxy) is 1. The van der Waals surface area contributed by atoms with Crippen LogP contribution in [0.4, 0.5) is 0 Å². The van der Waals surface area contributed by atoms with Gasteiger partial charge in [0.25, 0.3) is 5.91 Å². The van der Waals surface area contributed by atoms with Gasteiger partial charge in [0.15, 0.2) is 11.0 Å². The van der Waals surface area contributed by atoms with Gasteiger partial charge in [-0.25, -0.2) is 5.43 Å². The van der Waals surface area contributed by atoms with Gasteiger partial charge in [-0.3, -0.25) is 4.79 Å². The van der Waals surface area contributed by atoms with Crippen molar-refractivity contribution in [3.8, 4) is 17.1 Å². The maximum atomic E-state index is 12.1. The molecule has 29 heavy (non-hydrogen) atoms. The van der Waals surface area contributed by atoms with E-state index in [1.54, 1.807) is 13.3 Å². The van der Waals surface area contributed by atoms with Gasteiger partial charge in [0.05, 0.1) is 19.1 Å². The molecular formula is C20H20BrN5O2S. The minimum Gasteiger partial charge on any atom is -0.497 e. The topological polar surface area (TPSA) is 81.4 Å². The van der Waals surface area contributed by atoms with Crippen molar-refractivity contribution in [1.29, 1.82) is 0 Å². The lowest BCUT2D eigenvalue weighted by Gasteiger charge is -2.07. The molecule has 9 heteroatoms. The lowest BCUT2D eigenvalue weighted by molar-refractivity contribution is -0.118. The van der Waals surface area contributed by atoms with Crippen molar-refractivity contribution < 1.29 is 9.53 Å². The van der Waals surface area contributed by atoms with Crippen molar-refractivity contribution in [1.82, 2.24) is 20.2 Å². The highest BCUT2D eigenvalue weighted by Gasteiger charge is 2.14. The smallest absolute Gasteiger partial charge is 0.250 e. The van der Waals surface area contributed by atoms with Gasteiger partial charge in [0.2, 0.25) is 0 Å². The van der Waals surface area contributed by atoms with Gasteiger partial charge in [0.1, 0.15) is 5.75 Å². The van der Waals surface area contributed by atoms with E-state index in [4.69, 9.17) is 4.74 Å². The zero-order chi connectivity index (χ0) is 20.6. The number of hydrogen-bond donors (Lipinski definition) is 1. The standard InChI is InChI=1S/C20H20BrN5O2S/c1-3-26-19(15-6-10-17(28-2)11-7-15)24-25-20(26)29-13-18(27)23-22-12-14-4-8-16(21)9-5-14/h4-12H,3,13H2,1-2H3,(H,23,27)/b22-12-. The fourth-order valence-electron chi connectivity index (χ4n) is 2.52. The lowest BCUT2D eigenvalue weighted by Crippen LogP contribution is -2.20. The second-order valence-corrected chi connectivity index (χ2v) is 7.77. The molecule has 0 radical (unpaired) electrons. The number of hydrazone groups is 1. The van der Waals surface area contributed by atoms with E-state index in [1.165, 1.54) is 11.8 Å². The fraction of sp³-hybridized carbons (Fsp3) is 0.200. The molecule has 1 amide bonds. The highest BCUT2D eigenvalue weighted by Crippen LogP contribution is 2.25. The van der Waals surface area contributed by atoms with E-state index in [2.05, 4.69) is 36.7 Å². The summed E-state index contributed by atoms with van der Waals surface area (Å²) >= 11 is 4.70. The third kappa shape index (κ3) is 5.68. The van der Waals surface area contributed by atoms with Gasteiger partial charge >= 0.3 is 0 Å². The first-order chi connectivity index (χ1) is 14.1. The van der Waals surface area contributed by atoms with Crippen molar-refractivity contribution in [3.05, 3.63) is 58.6 Å². The van der Waals surface area contributed by atoms with E-state index in [0.717, 1.165) is 27.2 Å². The Labute approximate surface area is 181 Å². The molecule has 0 aliphatic rings. The Morgan fingerprint density at radius 2 is 1.93 bits per heavy atom. The number of carbonyl (C=O) groups excluding carboxylic acids is 1. The third-order valence-corrected chi connectivity index (χ3v) is 5.48. The molecule has 3 aromatic rings. The molecule has 0 unspecified atom stereocenters. The van der Waals surface area contributed by atoms with Crippen LogP contribution < -0.4 is 10.2 Å². The maximum absolute atomic E-state index is 12.1. The summed E-state index contributed by atoms with van der Waals surface area (Å²) in [7, 11) is 1.63. The van der Waals surface area contributed by atoms with E-state index in [1.807, 2.05) is 60.0 Å². The first-order valence-corrected chi connectivity index (χ1v) is 10.7. The van der Waals surface area contributed by atoms with Crippen molar-refractivity contribution >= 4 is 39.8 Å². The molecule has 0 spiro atoms. The van der Waals surface area contributed by atoms with Crippen LogP contribution in [0.5, 0.6) is 5.75 Å². The van der Waals surface area contributed by atoms with E-state index < -0.39 is 0 Å². The van der Waals surface area contributed by atoms with Gasteiger partial charge in [-0.1, -0.05) is 39.8 Å². The molecule has 1 heterocycles. The molecule has 3 rings (SSSR count). The number of nitrogens with zero attached hydrogens (tertiary/aromatic N) is 4. The summed E-state index contributed by atoms with van der Waals surface area (Å²) in [5.41, 5.74) is 4.37. The predicted molar refractivity (Wildman–Crippen MR) is 118 cm³/mol. The number of nitrogens with one attached hydrogen (secondary N) is 1. The highest BCUT2D eigenvalue weighted by atomic mass is 79.9. The van der Waals surface area contributed by atoms with Crippen LogP contribution in [0.15, 0.2) is 63.3 Å². The Morgan fingerprint density at radius 1 is 1.21 bits per heavy atom.